The number of ether oxygens (including phenoxy) is 1. The molecular formula is C18H15BrN2O2. The molecule has 0 atom stereocenters. The molecule has 0 N–H and O–H groups in total. The lowest BCUT2D eigenvalue weighted by atomic mass is 10.2. The Labute approximate surface area is 142 Å². The van der Waals surface area contributed by atoms with Crippen LogP contribution in [-0.4, -0.2) is 16.8 Å². The van der Waals surface area contributed by atoms with Crippen molar-refractivity contribution in [2.24, 2.45) is 0 Å². The molecule has 0 saturated heterocycles. The Morgan fingerprint density at radius 1 is 1.13 bits per heavy atom. The first kappa shape index (κ1) is 15.5. The molecule has 23 heavy (non-hydrogen) atoms. The van der Waals surface area contributed by atoms with E-state index in [1.807, 2.05) is 36.4 Å². The van der Waals surface area contributed by atoms with Crippen molar-refractivity contribution in [1.29, 1.82) is 0 Å². The molecule has 0 spiro atoms. The summed E-state index contributed by atoms with van der Waals surface area (Å²) in [6.45, 7) is 0.611. The highest BCUT2D eigenvalue weighted by Gasteiger charge is 2.04. The van der Waals surface area contributed by atoms with Crippen LogP contribution in [0, 0.1) is 0 Å². The molecule has 5 heteroatoms. The van der Waals surface area contributed by atoms with E-state index < -0.39 is 0 Å². The molecule has 0 saturated carbocycles. The molecule has 2 aromatic carbocycles. The zero-order valence-electron chi connectivity index (χ0n) is 12.4. The predicted octanol–water partition coefficient (Wildman–Crippen LogP) is 4.98. The van der Waals surface area contributed by atoms with E-state index in [0.717, 1.165) is 22.2 Å². The topological polar surface area (TPSA) is 48.2 Å². The fourth-order valence-electron chi connectivity index (χ4n) is 2.06. The molecule has 3 aromatic rings. The molecule has 0 radical (unpaired) electrons. The largest absolute Gasteiger partial charge is 0.493 e. The molecule has 4 nitrogen and oxygen atoms in total. The van der Waals surface area contributed by atoms with Crippen LogP contribution < -0.4 is 4.74 Å². The third-order valence-electron chi connectivity index (χ3n) is 3.17. The SMILES string of the molecule is Brc1ccc(/C=C/CCOc2cccc(-c3nnco3)c2)cc1. The fraction of sp³-hybridized carbons (Fsp3) is 0.111. The zero-order chi connectivity index (χ0) is 15.9. The first-order valence-electron chi connectivity index (χ1n) is 7.23. The molecule has 0 bridgehead atoms. The second kappa shape index (κ2) is 7.74. The van der Waals surface area contributed by atoms with Crippen LogP contribution in [0.3, 0.4) is 0 Å². The summed E-state index contributed by atoms with van der Waals surface area (Å²) >= 11 is 3.43. The maximum Gasteiger partial charge on any atom is 0.247 e. The minimum absolute atomic E-state index is 0.491. The van der Waals surface area contributed by atoms with Gasteiger partial charge in [0.2, 0.25) is 12.3 Å². The monoisotopic (exact) mass is 370 g/mol. The van der Waals surface area contributed by atoms with Gasteiger partial charge in [-0.05, 0) is 42.3 Å². The standard InChI is InChI=1S/C18H15BrN2O2/c19-16-9-7-14(8-10-16)4-1-2-11-22-17-6-3-5-15(12-17)18-21-20-13-23-18/h1,3-10,12-13H,2,11H2/b4-1+. The minimum atomic E-state index is 0.491. The van der Waals surface area contributed by atoms with Crippen molar-refractivity contribution in [3.05, 3.63) is 71.0 Å². The van der Waals surface area contributed by atoms with Gasteiger partial charge in [0.15, 0.2) is 0 Å². The molecule has 1 aromatic heterocycles. The minimum Gasteiger partial charge on any atom is -0.493 e. The van der Waals surface area contributed by atoms with Gasteiger partial charge >= 0.3 is 0 Å². The molecule has 0 fully saturated rings. The van der Waals surface area contributed by atoms with E-state index in [9.17, 15) is 0 Å². The highest BCUT2D eigenvalue weighted by atomic mass is 79.9. The summed E-state index contributed by atoms with van der Waals surface area (Å²) in [4.78, 5) is 0. The van der Waals surface area contributed by atoms with Gasteiger partial charge in [-0.2, -0.15) is 0 Å². The quantitative estimate of drug-likeness (QED) is 0.574. The lowest BCUT2D eigenvalue weighted by Crippen LogP contribution is -1.95. The highest BCUT2D eigenvalue weighted by Crippen LogP contribution is 2.21. The zero-order valence-corrected chi connectivity index (χ0v) is 13.9. The van der Waals surface area contributed by atoms with Crippen LogP contribution in [0.15, 0.2) is 69.9 Å². The number of hydrogen-bond acceptors (Lipinski definition) is 4. The van der Waals surface area contributed by atoms with Crippen molar-refractivity contribution < 1.29 is 9.15 Å². The van der Waals surface area contributed by atoms with Crippen LogP contribution in [0.4, 0.5) is 0 Å². The van der Waals surface area contributed by atoms with Gasteiger partial charge in [-0.25, -0.2) is 0 Å². The average molecular weight is 371 g/mol. The van der Waals surface area contributed by atoms with Crippen LogP contribution in [0.25, 0.3) is 17.5 Å². The van der Waals surface area contributed by atoms with Gasteiger partial charge < -0.3 is 9.15 Å². The van der Waals surface area contributed by atoms with Gasteiger partial charge in [-0.3, -0.25) is 0 Å². The first-order chi connectivity index (χ1) is 11.3. The van der Waals surface area contributed by atoms with Crippen LogP contribution in [0.1, 0.15) is 12.0 Å². The third kappa shape index (κ3) is 4.53. The first-order valence-corrected chi connectivity index (χ1v) is 8.02. The Morgan fingerprint density at radius 2 is 2.00 bits per heavy atom. The summed E-state index contributed by atoms with van der Waals surface area (Å²) in [5, 5.41) is 7.57. The molecule has 116 valence electrons. The molecule has 0 unspecified atom stereocenters. The van der Waals surface area contributed by atoms with Crippen molar-refractivity contribution in [3.63, 3.8) is 0 Å². The number of benzene rings is 2. The number of halogens is 1. The number of nitrogens with zero attached hydrogens (tertiary/aromatic N) is 2. The maximum absolute atomic E-state index is 5.75. The van der Waals surface area contributed by atoms with Crippen LogP contribution >= 0.6 is 15.9 Å². The van der Waals surface area contributed by atoms with E-state index in [2.05, 4.69) is 50.4 Å². The maximum atomic E-state index is 5.75. The summed E-state index contributed by atoms with van der Waals surface area (Å²) in [5.41, 5.74) is 2.02. The molecule has 0 aliphatic heterocycles. The second-order valence-corrected chi connectivity index (χ2v) is 5.78. The Morgan fingerprint density at radius 3 is 2.78 bits per heavy atom. The lowest BCUT2D eigenvalue weighted by Gasteiger charge is -2.05. The van der Waals surface area contributed by atoms with E-state index in [1.165, 1.54) is 12.0 Å². The van der Waals surface area contributed by atoms with Gasteiger partial charge in [-0.15, -0.1) is 10.2 Å². The number of rotatable bonds is 6. The Hall–Kier alpha value is -2.40. The van der Waals surface area contributed by atoms with E-state index in [0.29, 0.717) is 12.5 Å². The van der Waals surface area contributed by atoms with Crippen LogP contribution in [-0.2, 0) is 0 Å². The molecule has 0 amide bonds. The Balaban J connectivity index is 1.51. The van der Waals surface area contributed by atoms with Crippen molar-refractivity contribution in [2.75, 3.05) is 6.61 Å². The van der Waals surface area contributed by atoms with Gasteiger partial charge in [-0.1, -0.05) is 46.3 Å². The molecule has 0 aliphatic carbocycles. The summed E-state index contributed by atoms with van der Waals surface area (Å²) in [7, 11) is 0. The lowest BCUT2D eigenvalue weighted by molar-refractivity contribution is 0.325. The smallest absolute Gasteiger partial charge is 0.247 e. The summed E-state index contributed by atoms with van der Waals surface area (Å²) < 4.78 is 12.0. The van der Waals surface area contributed by atoms with E-state index >= 15 is 0 Å². The van der Waals surface area contributed by atoms with Crippen molar-refractivity contribution >= 4 is 22.0 Å². The van der Waals surface area contributed by atoms with Crippen molar-refractivity contribution in [2.45, 2.75) is 6.42 Å². The fourth-order valence-corrected chi connectivity index (χ4v) is 2.32. The van der Waals surface area contributed by atoms with Gasteiger partial charge in [0, 0.05) is 10.0 Å². The summed E-state index contributed by atoms with van der Waals surface area (Å²) in [6.07, 6.45) is 6.34. The normalized spacial score (nSPS) is 11.0. The third-order valence-corrected chi connectivity index (χ3v) is 3.70. The van der Waals surface area contributed by atoms with Gasteiger partial charge in [0.1, 0.15) is 5.75 Å². The van der Waals surface area contributed by atoms with Crippen LogP contribution in [0.5, 0.6) is 5.75 Å². The Bertz CT molecular complexity index is 768. The molecular weight excluding hydrogens is 356 g/mol. The molecule has 3 rings (SSSR count). The van der Waals surface area contributed by atoms with E-state index in [1.54, 1.807) is 0 Å². The van der Waals surface area contributed by atoms with Gasteiger partial charge in [0.05, 0.1) is 6.61 Å². The van der Waals surface area contributed by atoms with Crippen molar-refractivity contribution in [1.82, 2.24) is 10.2 Å². The summed E-state index contributed by atoms with van der Waals surface area (Å²) in [6, 6.07) is 15.8. The van der Waals surface area contributed by atoms with Crippen LogP contribution in [0.2, 0.25) is 0 Å². The molecule has 1 heterocycles. The highest BCUT2D eigenvalue weighted by molar-refractivity contribution is 9.10. The average Bonchev–Trinajstić information content (AvgIpc) is 3.11. The van der Waals surface area contributed by atoms with Gasteiger partial charge in [0.25, 0.3) is 0 Å². The summed E-state index contributed by atoms with van der Waals surface area (Å²) in [5.74, 6) is 1.28. The van der Waals surface area contributed by atoms with E-state index in [4.69, 9.17) is 9.15 Å². The molecule has 0 aliphatic rings. The number of aromatic nitrogens is 2. The number of hydrogen-bond donors (Lipinski definition) is 0. The van der Waals surface area contributed by atoms with Crippen molar-refractivity contribution in [3.8, 4) is 17.2 Å². The van der Waals surface area contributed by atoms with E-state index in [-0.39, 0.29) is 0 Å². The predicted molar refractivity (Wildman–Crippen MR) is 93.0 cm³/mol. The second-order valence-electron chi connectivity index (χ2n) is 4.86. The Kier molecular flexibility index (Phi) is 5.21.